The van der Waals surface area contributed by atoms with E-state index >= 15 is 0 Å². The lowest BCUT2D eigenvalue weighted by molar-refractivity contribution is -0.116. The van der Waals surface area contributed by atoms with Crippen LogP contribution in [0.4, 0.5) is 5.69 Å². The molecular weight excluding hydrogens is 438 g/mol. The molecule has 2 amide bonds. The first kappa shape index (κ1) is 24.9. The van der Waals surface area contributed by atoms with Crippen molar-refractivity contribution in [2.75, 3.05) is 32.0 Å². The summed E-state index contributed by atoms with van der Waals surface area (Å²) in [5.41, 5.74) is 3.10. The Hall–Kier alpha value is -2.71. The Balaban J connectivity index is 1.65. The van der Waals surface area contributed by atoms with Gasteiger partial charge in [0.05, 0.1) is 11.4 Å². The van der Waals surface area contributed by atoms with Crippen LogP contribution >= 0.6 is 0 Å². The van der Waals surface area contributed by atoms with Gasteiger partial charge >= 0.3 is 0 Å². The summed E-state index contributed by atoms with van der Waals surface area (Å²) in [4.78, 5) is 26.7. The number of amides is 2. The van der Waals surface area contributed by atoms with Gasteiger partial charge in [0.2, 0.25) is 15.9 Å². The van der Waals surface area contributed by atoms with E-state index in [-0.39, 0.29) is 23.3 Å². The minimum Gasteiger partial charge on any atom is -0.332 e. The van der Waals surface area contributed by atoms with Crippen LogP contribution in [0.15, 0.2) is 47.4 Å². The molecule has 1 fully saturated rings. The van der Waals surface area contributed by atoms with Crippen LogP contribution in [-0.2, 0) is 14.8 Å². The second-order valence-corrected chi connectivity index (χ2v) is 11.2. The highest BCUT2D eigenvalue weighted by Crippen LogP contribution is 2.27. The SMILES string of the molecule is Cc1cccc(NC(=O)CN(C)C(=O)c2ccc(S(=O)(=O)N3C[C@H](C)C[C@@H](C)C3)cc2)c1C. The molecular formula is C25H33N3O4S. The summed E-state index contributed by atoms with van der Waals surface area (Å²) in [6, 6.07) is 11.6. The van der Waals surface area contributed by atoms with Crippen LogP contribution < -0.4 is 5.32 Å². The second kappa shape index (κ2) is 10.1. The van der Waals surface area contributed by atoms with Crippen molar-refractivity contribution in [3.63, 3.8) is 0 Å². The molecule has 2 atom stereocenters. The maximum atomic E-state index is 13.0. The fraction of sp³-hybridized carbons (Fsp3) is 0.440. The van der Waals surface area contributed by atoms with Crippen molar-refractivity contribution >= 4 is 27.5 Å². The largest absolute Gasteiger partial charge is 0.332 e. The quantitative estimate of drug-likeness (QED) is 0.696. The van der Waals surface area contributed by atoms with E-state index in [0.717, 1.165) is 23.2 Å². The fourth-order valence-electron chi connectivity index (χ4n) is 4.30. The maximum Gasteiger partial charge on any atom is 0.254 e. The lowest BCUT2D eigenvalue weighted by atomic mass is 9.94. The highest BCUT2D eigenvalue weighted by atomic mass is 32.2. The summed E-state index contributed by atoms with van der Waals surface area (Å²) >= 11 is 0. The van der Waals surface area contributed by atoms with Crippen molar-refractivity contribution in [3.8, 4) is 0 Å². The van der Waals surface area contributed by atoms with Crippen LogP contribution in [0.2, 0.25) is 0 Å². The first-order valence-electron chi connectivity index (χ1n) is 11.2. The zero-order chi connectivity index (χ0) is 24.3. The number of sulfonamides is 1. The molecule has 0 bridgehead atoms. The molecule has 33 heavy (non-hydrogen) atoms. The van der Waals surface area contributed by atoms with Gasteiger partial charge in [-0.1, -0.05) is 26.0 Å². The van der Waals surface area contributed by atoms with Gasteiger partial charge in [-0.3, -0.25) is 9.59 Å². The van der Waals surface area contributed by atoms with Gasteiger partial charge in [-0.05, 0) is 73.6 Å². The zero-order valence-electron chi connectivity index (χ0n) is 20.0. The number of anilines is 1. The number of rotatable bonds is 6. The van der Waals surface area contributed by atoms with E-state index in [0.29, 0.717) is 30.5 Å². The van der Waals surface area contributed by atoms with Crippen LogP contribution in [-0.4, -0.2) is 56.1 Å². The van der Waals surface area contributed by atoms with Crippen molar-refractivity contribution in [1.29, 1.82) is 0 Å². The Morgan fingerprint density at radius 2 is 1.64 bits per heavy atom. The molecule has 8 heteroatoms. The van der Waals surface area contributed by atoms with Crippen molar-refractivity contribution < 1.29 is 18.0 Å². The van der Waals surface area contributed by atoms with Gasteiger partial charge in [-0.2, -0.15) is 4.31 Å². The number of likely N-dealkylation sites (N-methyl/N-ethyl adjacent to an activating group) is 1. The van der Waals surface area contributed by atoms with Gasteiger partial charge in [0, 0.05) is 31.4 Å². The molecule has 0 radical (unpaired) electrons. The lowest BCUT2D eigenvalue weighted by Gasteiger charge is -2.34. The highest BCUT2D eigenvalue weighted by molar-refractivity contribution is 7.89. The Morgan fingerprint density at radius 1 is 1.03 bits per heavy atom. The smallest absolute Gasteiger partial charge is 0.254 e. The van der Waals surface area contributed by atoms with Crippen molar-refractivity contribution in [3.05, 3.63) is 59.2 Å². The minimum atomic E-state index is -3.61. The molecule has 0 spiro atoms. The minimum absolute atomic E-state index is 0.115. The normalized spacial score (nSPS) is 19.2. The van der Waals surface area contributed by atoms with Crippen molar-refractivity contribution in [2.45, 2.75) is 39.0 Å². The van der Waals surface area contributed by atoms with Gasteiger partial charge < -0.3 is 10.2 Å². The summed E-state index contributed by atoms with van der Waals surface area (Å²) in [5, 5.41) is 2.84. The first-order chi connectivity index (χ1) is 15.5. The summed E-state index contributed by atoms with van der Waals surface area (Å²) < 4.78 is 27.6. The Labute approximate surface area is 196 Å². The number of carbonyl (C=O) groups is 2. The van der Waals surface area contributed by atoms with Gasteiger partial charge in [-0.25, -0.2) is 8.42 Å². The third-order valence-corrected chi connectivity index (χ3v) is 8.03. The van der Waals surface area contributed by atoms with E-state index in [4.69, 9.17) is 0 Å². The van der Waals surface area contributed by atoms with E-state index in [9.17, 15) is 18.0 Å². The molecule has 1 heterocycles. The lowest BCUT2D eigenvalue weighted by Crippen LogP contribution is -2.42. The van der Waals surface area contributed by atoms with Crippen LogP contribution in [0.25, 0.3) is 0 Å². The van der Waals surface area contributed by atoms with E-state index in [1.54, 1.807) is 7.05 Å². The van der Waals surface area contributed by atoms with E-state index in [1.165, 1.54) is 33.5 Å². The molecule has 2 aromatic rings. The Bertz CT molecular complexity index is 1120. The molecule has 1 aliphatic heterocycles. The van der Waals surface area contributed by atoms with Crippen LogP contribution in [0.5, 0.6) is 0 Å². The van der Waals surface area contributed by atoms with E-state index in [2.05, 4.69) is 19.2 Å². The number of nitrogens with zero attached hydrogens (tertiary/aromatic N) is 2. The summed E-state index contributed by atoms with van der Waals surface area (Å²) in [5.74, 6) is -0.0251. The number of hydrogen-bond donors (Lipinski definition) is 1. The molecule has 1 aliphatic rings. The van der Waals surface area contributed by atoms with Crippen molar-refractivity contribution in [1.82, 2.24) is 9.21 Å². The van der Waals surface area contributed by atoms with Gasteiger partial charge in [-0.15, -0.1) is 0 Å². The molecule has 1 N–H and O–H groups in total. The zero-order valence-corrected chi connectivity index (χ0v) is 20.8. The Morgan fingerprint density at radius 3 is 2.24 bits per heavy atom. The molecule has 0 aliphatic carbocycles. The first-order valence-corrected chi connectivity index (χ1v) is 12.6. The summed E-state index contributed by atoms with van der Waals surface area (Å²) in [6.45, 7) is 8.92. The molecule has 0 saturated carbocycles. The number of nitrogens with one attached hydrogen (secondary N) is 1. The predicted molar refractivity (Wildman–Crippen MR) is 130 cm³/mol. The molecule has 3 rings (SSSR count). The van der Waals surface area contributed by atoms with Crippen LogP contribution in [0.1, 0.15) is 41.8 Å². The second-order valence-electron chi connectivity index (χ2n) is 9.25. The van der Waals surface area contributed by atoms with Gasteiger partial charge in [0.25, 0.3) is 5.91 Å². The molecule has 2 aromatic carbocycles. The molecule has 0 unspecified atom stereocenters. The number of carbonyl (C=O) groups excluding carboxylic acids is 2. The van der Waals surface area contributed by atoms with Crippen LogP contribution in [0, 0.1) is 25.7 Å². The number of benzene rings is 2. The number of hydrogen-bond acceptors (Lipinski definition) is 4. The molecule has 0 aromatic heterocycles. The average molecular weight is 472 g/mol. The Kier molecular flexibility index (Phi) is 7.59. The van der Waals surface area contributed by atoms with Gasteiger partial charge in [0.15, 0.2) is 0 Å². The molecule has 7 nitrogen and oxygen atoms in total. The molecule has 1 saturated heterocycles. The number of aryl methyl sites for hydroxylation is 1. The number of piperidine rings is 1. The van der Waals surface area contributed by atoms with Crippen LogP contribution in [0.3, 0.4) is 0 Å². The topological polar surface area (TPSA) is 86.8 Å². The average Bonchev–Trinajstić information content (AvgIpc) is 2.75. The monoisotopic (exact) mass is 471 g/mol. The molecule has 178 valence electrons. The maximum absolute atomic E-state index is 13.0. The third kappa shape index (κ3) is 5.81. The third-order valence-electron chi connectivity index (χ3n) is 6.18. The standard InChI is InChI=1S/C25H33N3O4S/c1-17-13-18(2)15-28(14-17)33(31,32)22-11-9-21(10-12-22)25(30)27(5)16-24(29)26-23-8-6-7-19(3)20(23)4/h6-12,17-18H,13-16H2,1-5H3,(H,26,29)/t17-,18-/m1/s1. The van der Waals surface area contributed by atoms with Gasteiger partial charge in [0.1, 0.15) is 0 Å². The summed E-state index contributed by atoms with van der Waals surface area (Å²) in [7, 11) is -2.06. The fourth-order valence-corrected chi connectivity index (χ4v) is 5.98. The predicted octanol–water partition coefficient (Wildman–Crippen LogP) is 3.68. The van der Waals surface area contributed by atoms with Crippen molar-refractivity contribution in [2.24, 2.45) is 11.8 Å². The highest BCUT2D eigenvalue weighted by Gasteiger charge is 2.31. The van der Waals surface area contributed by atoms with E-state index in [1.807, 2.05) is 32.0 Å². The van der Waals surface area contributed by atoms with E-state index < -0.39 is 10.0 Å². The summed E-state index contributed by atoms with van der Waals surface area (Å²) in [6.07, 6.45) is 1.02.